The molecule has 1 saturated heterocycles. The Morgan fingerprint density at radius 3 is 2.69 bits per heavy atom. The molecule has 3 aromatic rings. The van der Waals surface area contributed by atoms with Crippen LogP contribution >= 0.6 is 0 Å². The molecule has 2 aromatic heterocycles. The van der Waals surface area contributed by atoms with Crippen LogP contribution in [0.25, 0.3) is 22.5 Å². The number of nitrogens with zero attached hydrogens (tertiary/aromatic N) is 5. The minimum absolute atomic E-state index is 0.0712. The summed E-state index contributed by atoms with van der Waals surface area (Å²) in [7, 11) is 0. The van der Waals surface area contributed by atoms with E-state index in [1.807, 2.05) is 18.2 Å². The number of aromatic nitrogens is 5. The first-order valence-corrected chi connectivity index (χ1v) is 9.40. The van der Waals surface area contributed by atoms with Crippen LogP contribution in [0.3, 0.4) is 0 Å². The molecule has 0 spiro atoms. The summed E-state index contributed by atoms with van der Waals surface area (Å²) >= 11 is 0. The Hall–Kier alpha value is -3.39. The number of rotatable bonds is 4. The summed E-state index contributed by atoms with van der Waals surface area (Å²) in [5.41, 5.74) is 3.04. The second-order valence-corrected chi connectivity index (χ2v) is 7.37. The molecule has 1 aromatic carbocycles. The Morgan fingerprint density at radius 1 is 1.14 bits per heavy atom. The van der Waals surface area contributed by atoms with Crippen LogP contribution in [-0.2, 0) is 0 Å². The molecular formula is C21H19FN6O. The van der Waals surface area contributed by atoms with Gasteiger partial charge in [0.05, 0.1) is 23.1 Å². The standard InChI is InChI=1S/C21H19FN6O/c1-12(16-8-13-2-5-19(25-13)21(16)22)17-6-7-18(27-26-17)15-4-3-14(9-20(15)29)28-10-23-24-11-28/h2-7,9-11,13,16,19,21,25,29H,1,8H2/t13-,16+,19+,21-/m0/s1. The predicted octanol–water partition coefficient (Wildman–Crippen LogP) is 2.70. The summed E-state index contributed by atoms with van der Waals surface area (Å²) < 4.78 is 16.5. The first-order chi connectivity index (χ1) is 14.1. The Morgan fingerprint density at radius 2 is 1.97 bits per heavy atom. The quantitative estimate of drug-likeness (QED) is 0.666. The van der Waals surface area contributed by atoms with Gasteiger partial charge in [0.1, 0.15) is 24.6 Å². The number of hydrogen-bond donors (Lipinski definition) is 2. The van der Waals surface area contributed by atoms with Crippen molar-refractivity contribution >= 4 is 5.57 Å². The number of piperidine rings is 1. The van der Waals surface area contributed by atoms with E-state index >= 15 is 0 Å². The van der Waals surface area contributed by atoms with Crippen LogP contribution in [-0.4, -0.2) is 48.3 Å². The maximum absolute atomic E-state index is 14.8. The van der Waals surface area contributed by atoms with E-state index in [0.29, 0.717) is 28.9 Å². The Balaban J connectivity index is 1.37. The van der Waals surface area contributed by atoms with Gasteiger partial charge in [-0.3, -0.25) is 4.57 Å². The summed E-state index contributed by atoms with van der Waals surface area (Å²) in [6.45, 7) is 4.09. The summed E-state index contributed by atoms with van der Waals surface area (Å²) in [5.74, 6) is -0.222. The Bertz CT molecular complexity index is 1080. The average molecular weight is 390 g/mol. The SMILES string of the molecule is C=C(c1ccc(-c2ccc(-n3cnnc3)cc2O)nn1)[C@H]1C[C@@H]2C=C[C@@H](N2)[C@H]1F. The van der Waals surface area contributed by atoms with Crippen molar-refractivity contribution in [2.75, 3.05) is 0 Å². The van der Waals surface area contributed by atoms with Crippen molar-refractivity contribution < 1.29 is 9.50 Å². The van der Waals surface area contributed by atoms with Gasteiger partial charge in [-0.05, 0) is 36.3 Å². The molecular weight excluding hydrogens is 371 g/mol. The zero-order valence-electron chi connectivity index (χ0n) is 15.5. The third-order valence-electron chi connectivity index (χ3n) is 5.61. The third kappa shape index (κ3) is 3.11. The maximum Gasteiger partial charge on any atom is 0.127 e. The summed E-state index contributed by atoms with van der Waals surface area (Å²) in [5, 5.41) is 29.7. The number of aromatic hydroxyl groups is 1. The van der Waals surface area contributed by atoms with Crippen LogP contribution < -0.4 is 5.32 Å². The molecule has 146 valence electrons. The van der Waals surface area contributed by atoms with E-state index in [9.17, 15) is 9.50 Å². The average Bonchev–Trinajstić information content (AvgIpc) is 3.41. The zero-order chi connectivity index (χ0) is 20.0. The topological polar surface area (TPSA) is 88.8 Å². The van der Waals surface area contributed by atoms with Gasteiger partial charge in [-0.15, -0.1) is 15.3 Å². The van der Waals surface area contributed by atoms with Gasteiger partial charge in [-0.1, -0.05) is 18.7 Å². The molecule has 4 heterocycles. The molecule has 0 aliphatic carbocycles. The summed E-state index contributed by atoms with van der Waals surface area (Å²) in [6, 6.07) is 8.67. The summed E-state index contributed by atoms with van der Waals surface area (Å²) in [6.07, 6.45) is 6.63. The highest BCUT2D eigenvalue weighted by molar-refractivity contribution is 5.70. The van der Waals surface area contributed by atoms with E-state index in [1.54, 1.807) is 41.5 Å². The molecule has 5 rings (SSSR count). The molecule has 0 amide bonds. The van der Waals surface area contributed by atoms with E-state index in [1.165, 1.54) is 0 Å². The highest BCUT2D eigenvalue weighted by atomic mass is 19.1. The fourth-order valence-electron chi connectivity index (χ4n) is 4.01. The molecule has 0 unspecified atom stereocenters. The number of alkyl halides is 1. The van der Waals surface area contributed by atoms with E-state index < -0.39 is 6.17 Å². The van der Waals surface area contributed by atoms with E-state index in [-0.39, 0.29) is 23.8 Å². The highest BCUT2D eigenvalue weighted by Crippen LogP contribution is 2.37. The van der Waals surface area contributed by atoms with Crippen LogP contribution in [0, 0.1) is 5.92 Å². The normalized spacial score (nSPS) is 25.3. The number of allylic oxidation sites excluding steroid dienone is 1. The van der Waals surface area contributed by atoms with Crippen molar-refractivity contribution in [3.8, 4) is 22.7 Å². The Labute approximate surface area is 166 Å². The molecule has 2 aliphatic heterocycles. The van der Waals surface area contributed by atoms with Crippen LogP contribution in [0.2, 0.25) is 0 Å². The molecule has 4 atom stereocenters. The Kier molecular flexibility index (Phi) is 4.21. The lowest BCUT2D eigenvalue weighted by molar-refractivity contribution is 0.179. The molecule has 8 heteroatoms. The lowest BCUT2D eigenvalue weighted by Crippen LogP contribution is -2.47. The third-order valence-corrected chi connectivity index (χ3v) is 5.61. The number of hydrogen-bond acceptors (Lipinski definition) is 6. The van der Waals surface area contributed by atoms with Gasteiger partial charge in [0.15, 0.2) is 0 Å². The monoisotopic (exact) mass is 390 g/mol. The van der Waals surface area contributed by atoms with E-state index in [0.717, 1.165) is 5.69 Å². The predicted molar refractivity (Wildman–Crippen MR) is 106 cm³/mol. The van der Waals surface area contributed by atoms with Gasteiger partial charge in [-0.25, -0.2) is 4.39 Å². The first-order valence-electron chi connectivity index (χ1n) is 9.40. The molecule has 29 heavy (non-hydrogen) atoms. The lowest BCUT2D eigenvalue weighted by Gasteiger charge is -2.33. The molecule has 2 N–H and O–H groups in total. The van der Waals surface area contributed by atoms with E-state index in [2.05, 4.69) is 32.3 Å². The van der Waals surface area contributed by atoms with Gasteiger partial charge in [0.2, 0.25) is 0 Å². The van der Waals surface area contributed by atoms with Crippen LogP contribution in [0.15, 0.2) is 61.7 Å². The van der Waals surface area contributed by atoms with Gasteiger partial charge in [-0.2, -0.15) is 5.10 Å². The zero-order valence-corrected chi connectivity index (χ0v) is 15.5. The van der Waals surface area contributed by atoms with Crippen molar-refractivity contribution in [1.82, 2.24) is 30.3 Å². The van der Waals surface area contributed by atoms with Crippen LogP contribution in [0.5, 0.6) is 5.75 Å². The molecule has 2 aliphatic rings. The maximum atomic E-state index is 14.8. The number of nitrogens with one attached hydrogen (secondary N) is 1. The van der Waals surface area contributed by atoms with Gasteiger partial charge in [0, 0.05) is 23.6 Å². The fraction of sp³-hybridized carbons (Fsp3) is 0.238. The van der Waals surface area contributed by atoms with Crippen molar-refractivity contribution in [3.05, 3.63) is 67.4 Å². The molecule has 2 bridgehead atoms. The van der Waals surface area contributed by atoms with Gasteiger partial charge in [0.25, 0.3) is 0 Å². The second kappa shape index (κ2) is 6.89. The van der Waals surface area contributed by atoms with Crippen molar-refractivity contribution in [2.24, 2.45) is 5.92 Å². The van der Waals surface area contributed by atoms with Crippen LogP contribution in [0.1, 0.15) is 12.1 Å². The smallest absolute Gasteiger partial charge is 0.127 e. The highest BCUT2D eigenvalue weighted by Gasteiger charge is 2.40. The lowest BCUT2D eigenvalue weighted by atomic mass is 9.83. The number of phenols is 1. The number of benzene rings is 1. The fourth-order valence-corrected chi connectivity index (χ4v) is 4.01. The van der Waals surface area contributed by atoms with Gasteiger partial charge < -0.3 is 10.4 Å². The summed E-state index contributed by atoms with van der Waals surface area (Å²) in [4.78, 5) is 0. The largest absolute Gasteiger partial charge is 0.507 e. The second-order valence-electron chi connectivity index (χ2n) is 7.37. The van der Waals surface area contributed by atoms with Crippen molar-refractivity contribution in [1.29, 1.82) is 0 Å². The minimum atomic E-state index is -1.03. The van der Waals surface area contributed by atoms with Gasteiger partial charge >= 0.3 is 0 Å². The molecule has 0 saturated carbocycles. The number of fused-ring (bicyclic) bond motifs is 2. The van der Waals surface area contributed by atoms with Crippen molar-refractivity contribution in [2.45, 2.75) is 24.7 Å². The minimum Gasteiger partial charge on any atom is -0.507 e. The molecule has 7 nitrogen and oxygen atoms in total. The molecule has 1 fully saturated rings. The first kappa shape index (κ1) is 17.7. The van der Waals surface area contributed by atoms with E-state index in [4.69, 9.17) is 0 Å². The number of halogens is 1. The number of phenolic OH excluding ortho intramolecular Hbond substituents is 1. The van der Waals surface area contributed by atoms with Crippen LogP contribution in [0.4, 0.5) is 4.39 Å². The van der Waals surface area contributed by atoms with Crippen molar-refractivity contribution in [3.63, 3.8) is 0 Å². The molecule has 0 radical (unpaired) electrons.